The van der Waals surface area contributed by atoms with Gasteiger partial charge in [0, 0.05) is 5.41 Å². The number of hydrogen-bond donors (Lipinski definition) is 2. The molecule has 1 aliphatic carbocycles. The van der Waals surface area contributed by atoms with E-state index < -0.39 is 10.1 Å². The minimum absolute atomic E-state index is 0.198. The molecule has 3 N–H and O–H groups in total. The predicted molar refractivity (Wildman–Crippen MR) is 216 cm³/mol. The standard InChI is InChI=1S/C46H53NO4S/c1-4-5-22-46(23-6-9-26-52(48,49)50)44-27-34(3)12-20-42(44)43-21-19-39(32-45(43)46)37-17-13-35(14-18-37)28-36-29-40(38-15-10-33(2)11-16-38)31-41(30-36)51-25-8-7-24-47/h10-21,27,29-32H,4-9,22-26,28,47H2,1-3H3,(H,48,49,50). The summed E-state index contributed by atoms with van der Waals surface area (Å²) in [4.78, 5) is 0. The van der Waals surface area contributed by atoms with Crippen molar-refractivity contribution in [3.05, 3.63) is 137 Å². The second kappa shape index (κ2) is 16.6. The SMILES string of the molecule is CCCCC1(CCCCS(=O)(=O)O)c2cc(C)ccc2-c2ccc(-c3ccc(Cc4cc(OCCCCN)cc(-c5ccc(C)cc5)c4)cc3)cc21. The van der Waals surface area contributed by atoms with Crippen LogP contribution in [0.15, 0.2) is 103 Å². The third-order valence-electron chi connectivity index (χ3n) is 10.6. The lowest BCUT2D eigenvalue weighted by molar-refractivity contribution is 0.307. The molecule has 0 aliphatic heterocycles. The third-order valence-corrected chi connectivity index (χ3v) is 11.4. The molecule has 0 aromatic heterocycles. The van der Waals surface area contributed by atoms with Gasteiger partial charge in [-0.15, -0.1) is 0 Å². The Balaban J connectivity index is 1.29. The molecule has 0 bridgehead atoms. The summed E-state index contributed by atoms with van der Waals surface area (Å²) in [6.07, 6.45) is 7.85. The third kappa shape index (κ3) is 8.86. The van der Waals surface area contributed by atoms with E-state index in [4.69, 9.17) is 10.5 Å². The highest BCUT2D eigenvalue weighted by molar-refractivity contribution is 7.85. The van der Waals surface area contributed by atoms with E-state index in [2.05, 4.69) is 124 Å². The number of fused-ring (bicyclic) bond motifs is 3. The molecule has 272 valence electrons. The van der Waals surface area contributed by atoms with Crippen molar-refractivity contribution in [3.63, 3.8) is 0 Å². The quantitative estimate of drug-likeness (QED) is 0.0739. The zero-order valence-corrected chi connectivity index (χ0v) is 31.8. The Morgan fingerprint density at radius 1 is 0.635 bits per heavy atom. The maximum atomic E-state index is 11.6. The fraction of sp³-hybridized carbons (Fsp3) is 0.348. The fourth-order valence-electron chi connectivity index (χ4n) is 7.89. The number of unbranched alkanes of at least 4 members (excludes halogenated alkanes) is 3. The molecule has 0 saturated heterocycles. The van der Waals surface area contributed by atoms with E-state index in [1.165, 1.54) is 61.2 Å². The molecule has 5 aromatic rings. The number of benzene rings is 5. The van der Waals surface area contributed by atoms with Crippen LogP contribution in [0.5, 0.6) is 5.75 Å². The van der Waals surface area contributed by atoms with Crippen molar-refractivity contribution in [1.82, 2.24) is 0 Å². The summed E-state index contributed by atoms with van der Waals surface area (Å²) in [5.41, 5.74) is 20.4. The van der Waals surface area contributed by atoms with Gasteiger partial charge in [-0.1, -0.05) is 122 Å². The Hall–Kier alpha value is -4.23. The molecule has 0 spiro atoms. The summed E-state index contributed by atoms with van der Waals surface area (Å²) in [6, 6.07) is 37.9. The van der Waals surface area contributed by atoms with Crippen LogP contribution in [-0.2, 0) is 22.0 Å². The minimum Gasteiger partial charge on any atom is -0.494 e. The van der Waals surface area contributed by atoms with Gasteiger partial charge in [0.05, 0.1) is 12.4 Å². The molecule has 6 heteroatoms. The molecule has 0 saturated carbocycles. The maximum Gasteiger partial charge on any atom is 0.264 e. The summed E-state index contributed by atoms with van der Waals surface area (Å²) in [6.45, 7) is 7.81. The second-order valence-corrected chi connectivity index (χ2v) is 16.3. The van der Waals surface area contributed by atoms with E-state index in [-0.39, 0.29) is 11.2 Å². The Labute approximate surface area is 311 Å². The maximum absolute atomic E-state index is 11.6. The first-order valence-electron chi connectivity index (χ1n) is 18.9. The molecule has 0 heterocycles. The van der Waals surface area contributed by atoms with Gasteiger partial charge in [-0.25, -0.2) is 0 Å². The van der Waals surface area contributed by atoms with Crippen LogP contribution in [0, 0.1) is 13.8 Å². The van der Waals surface area contributed by atoms with Gasteiger partial charge in [0.25, 0.3) is 10.1 Å². The zero-order chi connectivity index (χ0) is 36.7. The summed E-state index contributed by atoms with van der Waals surface area (Å²) in [5.74, 6) is 0.691. The fourth-order valence-corrected chi connectivity index (χ4v) is 8.46. The number of aryl methyl sites for hydroxylation is 2. The first kappa shape index (κ1) is 37.5. The van der Waals surface area contributed by atoms with E-state index in [1.54, 1.807) is 0 Å². The average Bonchev–Trinajstić information content (AvgIpc) is 3.39. The molecule has 1 unspecified atom stereocenters. The Bertz CT molecular complexity index is 2090. The van der Waals surface area contributed by atoms with Crippen LogP contribution in [0.25, 0.3) is 33.4 Å². The lowest BCUT2D eigenvalue weighted by Crippen LogP contribution is -2.26. The molecular weight excluding hydrogens is 663 g/mol. The van der Waals surface area contributed by atoms with Crippen LogP contribution in [0.4, 0.5) is 0 Å². The van der Waals surface area contributed by atoms with Gasteiger partial charge in [-0.05, 0) is 133 Å². The van der Waals surface area contributed by atoms with Crippen LogP contribution in [0.3, 0.4) is 0 Å². The van der Waals surface area contributed by atoms with E-state index >= 15 is 0 Å². The lowest BCUT2D eigenvalue weighted by Gasteiger charge is -2.33. The molecule has 6 rings (SSSR count). The molecule has 0 amide bonds. The van der Waals surface area contributed by atoms with Gasteiger partial charge < -0.3 is 10.5 Å². The average molecular weight is 716 g/mol. The van der Waals surface area contributed by atoms with Crippen molar-refractivity contribution < 1.29 is 17.7 Å². The van der Waals surface area contributed by atoms with Gasteiger partial charge in [0.15, 0.2) is 0 Å². The van der Waals surface area contributed by atoms with Gasteiger partial charge >= 0.3 is 0 Å². The van der Waals surface area contributed by atoms with Crippen molar-refractivity contribution in [3.8, 4) is 39.1 Å². The van der Waals surface area contributed by atoms with Gasteiger partial charge in [-0.2, -0.15) is 8.42 Å². The Morgan fingerprint density at radius 2 is 1.27 bits per heavy atom. The van der Waals surface area contributed by atoms with Crippen LogP contribution >= 0.6 is 0 Å². The molecule has 0 radical (unpaired) electrons. The zero-order valence-electron chi connectivity index (χ0n) is 31.0. The highest BCUT2D eigenvalue weighted by atomic mass is 32.2. The first-order valence-corrected chi connectivity index (χ1v) is 20.5. The number of rotatable bonds is 17. The monoisotopic (exact) mass is 715 g/mol. The molecule has 1 atom stereocenters. The highest BCUT2D eigenvalue weighted by Crippen LogP contribution is 2.55. The highest BCUT2D eigenvalue weighted by Gasteiger charge is 2.42. The van der Waals surface area contributed by atoms with E-state index in [9.17, 15) is 13.0 Å². The van der Waals surface area contributed by atoms with Gasteiger partial charge in [0.1, 0.15) is 5.75 Å². The normalized spacial score (nSPS) is 15.0. The van der Waals surface area contributed by atoms with Gasteiger partial charge in [0.2, 0.25) is 0 Å². The van der Waals surface area contributed by atoms with Crippen molar-refractivity contribution >= 4 is 10.1 Å². The van der Waals surface area contributed by atoms with Crippen LogP contribution in [0.2, 0.25) is 0 Å². The predicted octanol–water partition coefficient (Wildman–Crippen LogP) is 10.9. The number of ether oxygens (including phenoxy) is 1. The largest absolute Gasteiger partial charge is 0.494 e. The minimum atomic E-state index is -3.99. The van der Waals surface area contributed by atoms with Crippen molar-refractivity contribution in [2.75, 3.05) is 18.9 Å². The molecule has 5 aromatic carbocycles. The van der Waals surface area contributed by atoms with E-state index in [0.717, 1.165) is 62.7 Å². The van der Waals surface area contributed by atoms with Crippen molar-refractivity contribution in [2.24, 2.45) is 5.73 Å². The molecule has 0 fully saturated rings. The van der Waals surface area contributed by atoms with E-state index in [1.807, 2.05) is 0 Å². The summed E-state index contributed by atoms with van der Waals surface area (Å²) in [5, 5.41) is 0. The van der Waals surface area contributed by atoms with Crippen molar-refractivity contribution in [1.29, 1.82) is 0 Å². The summed E-state index contributed by atoms with van der Waals surface area (Å²) < 4.78 is 38.7. The van der Waals surface area contributed by atoms with Crippen molar-refractivity contribution in [2.45, 2.75) is 84.0 Å². The first-order chi connectivity index (χ1) is 25.1. The lowest BCUT2D eigenvalue weighted by atomic mass is 9.70. The number of nitrogens with two attached hydrogens (primary N) is 1. The van der Waals surface area contributed by atoms with Crippen LogP contribution < -0.4 is 10.5 Å². The summed E-state index contributed by atoms with van der Waals surface area (Å²) in [7, 11) is -3.99. The number of hydrogen-bond acceptors (Lipinski definition) is 4. The smallest absolute Gasteiger partial charge is 0.264 e. The Kier molecular flexibility index (Phi) is 12.0. The summed E-state index contributed by atoms with van der Waals surface area (Å²) >= 11 is 0. The molecule has 5 nitrogen and oxygen atoms in total. The van der Waals surface area contributed by atoms with Crippen LogP contribution in [-0.4, -0.2) is 31.9 Å². The second-order valence-electron chi connectivity index (χ2n) is 14.7. The molecular formula is C46H53NO4S. The molecule has 52 heavy (non-hydrogen) atoms. The molecule has 1 aliphatic rings. The van der Waals surface area contributed by atoms with Crippen LogP contribution in [0.1, 0.15) is 91.7 Å². The van der Waals surface area contributed by atoms with E-state index in [0.29, 0.717) is 19.6 Å². The topological polar surface area (TPSA) is 89.6 Å². The Morgan fingerprint density at radius 3 is 1.98 bits per heavy atom. The van der Waals surface area contributed by atoms with Gasteiger partial charge in [-0.3, -0.25) is 4.55 Å².